The van der Waals surface area contributed by atoms with E-state index < -0.39 is 0 Å². The van der Waals surface area contributed by atoms with Gasteiger partial charge in [-0.25, -0.2) is 4.98 Å². The number of aromatic nitrogens is 1. The molecule has 1 saturated heterocycles. The summed E-state index contributed by atoms with van der Waals surface area (Å²) in [5.74, 6) is 0.833. The molecular weight excluding hydrogens is 334 g/mol. The molecule has 1 N–H and O–H groups in total. The smallest absolute Gasteiger partial charge is 0.253 e. The lowest BCUT2D eigenvalue weighted by atomic mass is 9.98. The van der Waals surface area contributed by atoms with Gasteiger partial charge in [-0.2, -0.15) is 0 Å². The molecule has 4 nitrogen and oxygen atoms in total. The van der Waals surface area contributed by atoms with Gasteiger partial charge in [0.1, 0.15) is 5.82 Å². The van der Waals surface area contributed by atoms with E-state index in [4.69, 9.17) is 0 Å². The molecule has 0 radical (unpaired) electrons. The van der Waals surface area contributed by atoms with Crippen molar-refractivity contribution in [3.05, 3.63) is 95.7 Å². The molecule has 0 unspecified atom stereocenters. The van der Waals surface area contributed by atoms with E-state index >= 15 is 0 Å². The van der Waals surface area contributed by atoms with Gasteiger partial charge in [-0.15, -0.1) is 0 Å². The van der Waals surface area contributed by atoms with Crippen LogP contribution in [0, 0.1) is 0 Å². The molecule has 4 rings (SSSR count). The summed E-state index contributed by atoms with van der Waals surface area (Å²) in [6, 6.07) is 23.7. The predicted octanol–water partition coefficient (Wildman–Crippen LogP) is 4.20. The number of carbonyl (C=O) groups is 1. The monoisotopic (exact) mass is 357 g/mol. The lowest BCUT2D eigenvalue weighted by Gasteiger charge is -2.20. The zero-order chi connectivity index (χ0) is 18.5. The number of nitrogens with one attached hydrogen (secondary N) is 1. The molecule has 1 aromatic heterocycles. The third-order valence-corrected chi connectivity index (χ3v) is 4.98. The van der Waals surface area contributed by atoms with Gasteiger partial charge in [-0.05, 0) is 36.1 Å². The number of hydrogen-bond acceptors (Lipinski definition) is 3. The number of rotatable bonds is 5. The van der Waals surface area contributed by atoms with Gasteiger partial charge in [0, 0.05) is 19.3 Å². The molecule has 1 amide bonds. The summed E-state index contributed by atoms with van der Waals surface area (Å²) < 4.78 is 0. The van der Waals surface area contributed by atoms with Gasteiger partial charge in [0.2, 0.25) is 0 Å². The first-order chi connectivity index (χ1) is 13.3. The fourth-order valence-corrected chi connectivity index (χ4v) is 3.52. The van der Waals surface area contributed by atoms with E-state index in [9.17, 15) is 4.79 Å². The Balaban J connectivity index is 1.55. The van der Waals surface area contributed by atoms with Crippen LogP contribution in [0.1, 0.15) is 40.4 Å². The molecule has 1 aliphatic rings. The van der Waals surface area contributed by atoms with Crippen LogP contribution in [-0.2, 0) is 0 Å². The predicted molar refractivity (Wildman–Crippen MR) is 108 cm³/mol. The fraction of sp³-hybridized carbons (Fsp3) is 0.217. The second-order valence-electron chi connectivity index (χ2n) is 6.83. The van der Waals surface area contributed by atoms with Crippen LogP contribution in [0.3, 0.4) is 0 Å². The number of amides is 1. The summed E-state index contributed by atoms with van der Waals surface area (Å²) in [6.45, 7) is 2.09. The highest BCUT2D eigenvalue weighted by molar-refractivity contribution is 5.94. The normalized spacial score (nSPS) is 13.7. The van der Waals surface area contributed by atoms with Crippen LogP contribution < -0.4 is 10.2 Å². The Morgan fingerprint density at radius 2 is 1.44 bits per heavy atom. The fourth-order valence-electron chi connectivity index (χ4n) is 3.52. The van der Waals surface area contributed by atoms with Gasteiger partial charge in [-0.3, -0.25) is 4.79 Å². The van der Waals surface area contributed by atoms with Gasteiger partial charge in [0.15, 0.2) is 0 Å². The maximum Gasteiger partial charge on any atom is 0.253 e. The minimum Gasteiger partial charge on any atom is -0.357 e. The van der Waals surface area contributed by atoms with Gasteiger partial charge in [0.25, 0.3) is 5.91 Å². The zero-order valence-electron chi connectivity index (χ0n) is 15.2. The molecule has 2 heterocycles. The van der Waals surface area contributed by atoms with Crippen LogP contribution in [0.15, 0.2) is 79.0 Å². The Bertz CT molecular complexity index is 833. The Hall–Kier alpha value is -3.14. The first-order valence-electron chi connectivity index (χ1n) is 9.43. The number of nitrogens with zero attached hydrogens (tertiary/aromatic N) is 2. The third kappa shape index (κ3) is 4.00. The number of pyridine rings is 1. The van der Waals surface area contributed by atoms with Crippen LogP contribution in [0.4, 0.5) is 5.82 Å². The molecule has 0 atom stereocenters. The van der Waals surface area contributed by atoms with Crippen molar-refractivity contribution in [3.63, 3.8) is 0 Å². The Morgan fingerprint density at radius 3 is 1.96 bits per heavy atom. The van der Waals surface area contributed by atoms with Gasteiger partial charge in [-0.1, -0.05) is 60.7 Å². The van der Waals surface area contributed by atoms with E-state index in [0.29, 0.717) is 5.56 Å². The number of benzene rings is 2. The standard InChI is InChI=1S/C23H23N3O/c27-23(20-13-14-21(24-17-20)26-15-7-8-16-26)25-22(18-9-3-1-4-10-18)19-11-5-2-6-12-19/h1-6,9-14,17,22H,7-8,15-16H2,(H,25,27). The van der Waals surface area contributed by atoms with Crippen LogP contribution in [0.5, 0.6) is 0 Å². The summed E-state index contributed by atoms with van der Waals surface area (Å²) in [5.41, 5.74) is 2.69. The number of carbonyl (C=O) groups excluding carboxylic acids is 1. The van der Waals surface area contributed by atoms with Crippen molar-refractivity contribution in [2.75, 3.05) is 18.0 Å². The van der Waals surface area contributed by atoms with Crippen molar-refractivity contribution in [3.8, 4) is 0 Å². The minimum atomic E-state index is -0.196. The maximum absolute atomic E-state index is 12.9. The van der Waals surface area contributed by atoms with Crippen molar-refractivity contribution in [1.29, 1.82) is 0 Å². The summed E-state index contributed by atoms with van der Waals surface area (Å²) in [6.07, 6.45) is 4.09. The van der Waals surface area contributed by atoms with E-state index in [1.165, 1.54) is 12.8 Å². The van der Waals surface area contributed by atoms with Gasteiger partial charge < -0.3 is 10.2 Å². The molecule has 1 aliphatic heterocycles. The minimum absolute atomic E-state index is 0.117. The Kier molecular flexibility index (Phi) is 5.15. The van der Waals surface area contributed by atoms with E-state index in [2.05, 4.69) is 15.2 Å². The highest BCUT2D eigenvalue weighted by Crippen LogP contribution is 2.23. The Morgan fingerprint density at radius 1 is 0.852 bits per heavy atom. The van der Waals surface area contributed by atoms with Crippen molar-refractivity contribution in [1.82, 2.24) is 10.3 Å². The highest BCUT2D eigenvalue weighted by Gasteiger charge is 2.19. The average molecular weight is 357 g/mol. The molecular formula is C23H23N3O. The first kappa shape index (κ1) is 17.3. The largest absolute Gasteiger partial charge is 0.357 e. The lowest BCUT2D eigenvalue weighted by Crippen LogP contribution is -2.29. The van der Waals surface area contributed by atoms with Crippen molar-refractivity contribution in [2.45, 2.75) is 18.9 Å². The third-order valence-electron chi connectivity index (χ3n) is 4.98. The molecule has 136 valence electrons. The molecule has 0 aliphatic carbocycles. The van der Waals surface area contributed by atoms with Crippen molar-refractivity contribution < 1.29 is 4.79 Å². The average Bonchev–Trinajstić information content (AvgIpc) is 3.28. The van der Waals surface area contributed by atoms with Crippen molar-refractivity contribution in [2.24, 2.45) is 0 Å². The van der Waals surface area contributed by atoms with Gasteiger partial charge >= 0.3 is 0 Å². The van der Waals surface area contributed by atoms with E-state index in [1.807, 2.05) is 72.8 Å². The molecule has 27 heavy (non-hydrogen) atoms. The van der Waals surface area contributed by atoms with Crippen LogP contribution in [0.25, 0.3) is 0 Å². The zero-order valence-corrected chi connectivity index (χ0v) is 15.2. The van der Waals surface area contributed by atoms with E-state index in [-0.39, 0.29) is 11.9 Å². The molecule has 3 aromatic rings. The first-order valence-corrected chi connectivity index (χ1v) is 9.43. The molecule has 0 spiro atoms. The van der Waals surface area contributed by atoms with Crippen LogP contribution in [0.2, 0.25) is 0 Å². The summed E-state index contributed by atoms with van der Waals surface area (Å²) in [5, 5.41) is 3.16. The molecule has 4 heteroatoms. The van der Waals surface area contributed by atoms with Gasteiger partial charge in [0.05, 0.1) is 11.6 Å². The van der Waals surface area contributed by atoms with Crippen LogP contribution in [-0.4, -0.2) is 24.0 Å². The van der Waals surface area contributed by atoms with Crippen molar-refractivity contribution >= 4 is 11.7 Å². The van der Waals surface area contributed by atoms with Crippen LogP contribution >= 0.6 is 0 Å². The SMILES string of the molecule is O=C(NC(c1ccccc1)c1ccccc1)c1ccc(N2CCCC2)nc1. The summed E-state index contributed by atoms with van der Waals surface area (Å²) in [7, 11) is 0. The highest BCUT2D eigenvalue weighted by atomic mass is 16.1. The Labute approximate surface area is 159 Å². The number of hydrogen-bond donors (Lipinski definition) is 1. The number of anilines is 1. The topological polar surface area (TPSA) is 45.2 Å². The molecule has 0 saturated carbocycles. The quantitative estimate of drug-likeness (QED) is 0.744. The van der Waals surface area contributed by atoms with E-state index in [1.54, 1.807) is 6.20 Å². The molecule has 2 aromatic carbocycles. The molecule has 1 fully saturated rings. The summed E-state index contributed by atoms with van der Waals surface area (Å²) >= 11 is 0. The maximum atomic E-state index is 12.9. The molecule has 0 bridgehead atoms. The summed E-state index contributed by atoms with van der Waals surface area (Å²) in [4.78, 5) is 19.6. The second kappa shape index (κ2) is 8.04. The lowest BCUT2D eigenvalue weighted by molar-refractivity contribution is 0.0942. The second-order valence-corrected chi connectivity index (χ2v) is 6.83. The van der Waals surface area contributed by atoms with E-state index in [0.717, 1.165) is 30.0 Å².